The van der Waals surface area contributed by atoms with Crippen LogP contribution in [0.15, 0.2) is 146 Å². The second-order valence-corrected chi connectivity index (χ2v) is 9.82. The molecule has 0 heterocycles. The van der Waals surface area contributed by atoms with Crippen LogP contribution in [0.2, 0.25) is 0 Å². The molecule has 0 aliphatic carbocycles. The molecule has 0 aromatic heterocycles. The van der Waals surface area contributed by atoms with Gasteiger partial charge >= 0.3 is 0 Å². The lowest BCUT2D eigenvalue weighted by Gasteiger charge is -2.30. The van der Waals surface area contributed by atoms with Gasteiger partial charge in [0.1, 0.15) is 0 Å². The van der Waals surface area contributed by atoms with Crippen LogP contribution in [0, 0.1) is 0 Å². The first-order chi connectivity index (χ1) is 19.0. The topological polar surface area (TPSA) is 29.3 Å². The van der Waals surface area contributed by atoms with Gasteiger partial charge in [0.25, 0.3) is 0 Å². The second kappa shape index (κ2) is 13.3. The SMILES string of the molecule is C=C(/C=C(/c1ccccc1)N(C)C(C)c1ccc(-c2ccc(-c3ccc(N)cc3)cc2)cc1)C/C=C\C=C/C. The lowest BCUT2D eigenvalue weighted by molar-refractivity contribution is 0.381. The number of benzene rings is 4. The molecule has 0 fully saturated rings. The Bertz CT molecular complexity index is 1440. The van der Waals surface area contributed by atoms with Gasteiger partial charge in [-0.25, -0.2) is 0 Å². The summed E-state index contributed by atoms with van der Waals surface area (Å²) in [7, 11) is 2.16. The zero-order valence-corrected chi connectivity index (χ0v) is 23.2. The number of allylic oxidation sites excluding steroid dienone is 6. The van der Waals surface area contributed by atoms with Crippen LogP contribution in [-0.2, 0) is 0 Å². The molecule has 0 aliphatic rings. The maximum Gasteiger partial charge on any atom is 0.0511 e. The first-order valence-corrected chi connectivity index (χ1v) is 13.5. The first kappa shape index (κ1) is 27.5. The predicted octanol–water partition coefficient (Wildman–Crippen LogP) is 9.72. The number of nitrogens with zero attached hydrogens (tertiary/aromatic N) is 1. The third kappa shape index (κ3) is 7.27. The Balaban J connectivity index is 1.52. The highest BCUT2D eigenvalue weighted by Crippen LogP contribution is 2.31. The van der Waals surface area contributed by atoms with Gasteiger partial charge in [0, 0.05) is 18.4 Å². The van der Waals surface area contributed by atoms with E-state index in [1.54, 1.807) is 0 Å². The molecule has 1 atom stereocenters. The van der Waals surface area contributed by atoms with E-state index >= 15 is 0 Å². The number of anilines is 1. The zero-order chi connectivity index (χ0) is 27.6. The normalized spacial score (nSPS) is 12.6. The van der Waals surface area contributed by atoms with E-state index in [-0.39, 0.29) is 6.04 Å². The molecule has 1 unspecified atom stereocenters. The summed E-state index contributed by atoms with van der Waals surface area (Å²) in [4.78, 5) is 2.34. The van der Waals surface area contributed by atoms with Crippen LogP contribution in [0.4, 0.5) is 5.69 Å². The van der Waals surface area contributed by atoms with Crippen LogP contribution < -0.4 is 5.73 Å². The van der Waals surface area contributed by atoms with Crippen LogP contribution in [0.1, 0.15) is 37.4 Å². The molecule has 196 valence electrons. The van der Waals surface area contributed by atoms with Gasteiger partial charge in [0.05, 0.1) is 6.04 Å². The van der Waals surface area contributed by atoms with Gasteiger partial charge in [0.2, 0.25) is 0 Å². The van der Waals surface area contributed by atoms with Crippen molar-refractivity contribution in [1.82, 2.24) is 4.90 Å². The monoisotopic (exact) mass is 510 g/mol. The van der Waals surface area contributed by atoms with Crippen molar-refractivity contribution in [3.63, 3.8) is 0 Å². The number of hydrogen-bond donors (Lipinski definition) is 1. The summed E-state index contributed by atoms with van der Waals surface area (Å²) in [5.74, 6) is 0. The summed E-state index contributed by atoms with van der Waals surface area (Å²) in [6.45, 7) is 8.60. The maximum atomic E-state index is 5.84. The molecule has 2 heteroatoms. The second-order valence-electron chi connectivity index (χ2n) is 9.82. The van der Waals surface area contributed by atoms with Gasteiger partial charge in [-0.3, -0.25) is 0 Å². The molecule has 2 nitrogen and oxygen atoms in total. The highest BCUT2D eigenvalue weighted by Gasteiger charge is 2.16. The van der Waals surface area contributed by atoms with Gasteiger partial charge in [-0.1, -0.05) is 122 Å². The number of hydrogen-bond acceptors (Lipinski definition) is 2. The molecule has 0 radical (unpaired) electrons. The van der Waals surface area contributed by atoms with E-state index in [4.69, 9.17) is 5.73 Å². The molecular formula is C37H38N2. The molecular weight excluding hydrogens is 472 g/mol. The van der Waals surface area contributed by atoms with E-state index in [0.29, 0.717) is 0 Å². The minimum absolute atomic E-state index is 0.185. The summed E-state index contributed by atoms with van der Waals surface area (Å²) >= 11 is 0. The molecule has 4 aromatic rings. The Morgan fingerprint density at radius 2 is 1.28 bits per heavy atom. The van der Waals surface area contributed by atoms with Gasteiger partial charge in [-0.2, -0.15) is 0 Å². The Morgan fingerprint density at radius 3 is 1.82 bits per heavy atom. The summed E-state index contributed by atoms with van der Waals surface area (Å²) in [5, 5.41) is 0. The van der Waals surface area contributed by atoms with E-state index < -0.39 is 0 Å². The van der Waals surface area contributed by atoms with Gasteiger partial charge in [0.15, 0.2) is 0 Å². The fourth-order valence-corrected chi connectivity index (χ4v) is 4.58. The maximum absolute atomic E-state index is 5.84. The van der Waals surface area contributed by atoms with Crippen molar-refractivity contribution >= 4 is 11.4 Å². The summed E-state index contributed by atoms with van der Waals surface area (Å²) in [6, 6.07) is 36.4. The van der Waals surface area contributed by atoms with E-state index in [0.717, 1.165) is 23.4 Å². The van der Waals surface area contributed by atoms with E-state index in [9.17, 15) is 0 Å². The quantitative estimate of drug-likeness (QED) is 0.170. The van der Waals surface area contributed by atoms with E-state index in [2.05, 4.69) is 135 Å². The molecule has 4 rings (SSSR count). The number of rotatable bonds is 10. The fraction of sp³-hybridized carbons (Fsp3) is 0.135. The highest BCUT2D eigenvalue weighted by atomic mass is 15.1. The number of nitrogen functional groups attached to an aromatic ring is 1. The molecule has 2 N–H and O–H groups in total. The van der Waals surface area contributed by atoms with Crippen molar-refractivity contribution in [3.05, 3.63) is 157 Å². The van der Waals surface area contributed by atoms with Crippen LogP contribution in [-0.4, -0.2) is 11.9 Å². The lowest BCUT2D eigenvalue weighted by Crippen LogP contribution is -2.21. The summed E-state index contributed by atoms with van der Waals surface area (Å²) in [6.07, 6.45) is 11.3. The Labute approximate surface area is 234 Å². The van der Waals surface area contributed by atoms with Crippen LogP contribution >= 0.6 is 0 Å². The summed E-state index contributed by atoms with van der Waals surface area (Å²) < 4.78 is 0. The minimum atomic E-state index is 0.185. The lowest BCUT2D eigenvalue weighted by atomic mass is 9.97. The Kier molecular flexibility index (Phi) is 9.37. The van der Waals surface area contributed by atoms with Crippen molar-refractivity contribution < 1.29 is 0 Å². The standard InChI is InChI=1S/C37H38N2/c1-5-6-7-9-12-28(2)27-37(35-13-10-8-11-14-35)39(4)29(3)30-15-17-31(18-16-30)32-19-21-33(22-20-32)34-23-25-36(38)26-24-34/h5-11,13-27,29H,2,12,38H2,1,3-4H3/b6-5-,9-7-,37-27-. The molecule has 0 amide bonds. The Hall–Kier alpha value is -4.56. The van der Waals surface area contributed by atoms with Crippen molar-refractivity contribution in [3.8, 4) is 22.3 Å². The largest absolute Gasteiger partial charge is 0.399 e. The zero-order valence-electron chi connectivity index (χ0n) is 23.2. The van der Waals surface area contributed by atoms with Crippen molar-refractivity contribution in [1.29, 1.82) is 0 Å². The van der Waals surface area contributed by atoms with Crippen molar-refractivity contribution in [2.24, 2.45) is 0 Å². The highest BCUT2D eigenvalue weighted by molar-refractivity contribution is 5.71. The third-order valence-electron chi connectivity index (χ3n) is 7.05. The smallest absolute Gasteiger partial charge is 0.0511 e. The van der Waals surface area contributed by atoms with Crippen molar-refractivity contribution in [2.75, 3.05) is 12.8 Å². The first-order valence-electron chi connectivity index (χ1n) is 13.5. The Morgan fingerprint density at radius 1 is 0.769 bits per heavy atom. The molecule has 0 aliphatic heterocycles. The molecule has 39 heavy (non-hydrogen) atoms. The molecule has 0 saturated carbocycles. The summed E-state index contributed by atoms with van der Waals surface area (Å²) in [5.41, 5.74) is 16.1. The van der Waals surface area contributed by atoms with E-state index in [1.807, 2.05) is 31.2 Å². The van der Waals surface area contributed by atoms with E-state index in [1.165, 1.54) is 33.4 Å². The van der Waals surface area contributed by atoms with Crippen LogP contribution in [0.5, 0.6) is 0 Å². The third-order valence-corrected chi connectivity index (χ3v) is 7.05. The predicted molar refractivity (Wildman–Crippen MR) is 170 cm³/mol. The molecule has 0 saturated heterocycles. The van der Waals surface area contributed by atoms with Gasteiger partial charge in [-0.15, -0.1) is 0 Å². The van der Waals surface area contributed by atoms with Crippen molar-refractivity contribution in [2.45, 2.75) is 26.3 Å². The fourth-order valence-electron chi connectivity index (χ4n) is 4.58. The van der Waals surface area contributed by atoms with Crippen LogP contribution in [0.3, 0.4) is 0 Å². The number of nitrogens with two attached hydrogens (primary N) is 1. The van der Waals surface area contributed by atoms with Gasteiger partial charge < -0.3 is 10.6 Å². The minimum Gasteiger partial charge on any atom is -0.399 e. The molecule has 0 bridgehead atoms. The average Bonchev–Trinajstić information content (AvgIpc) is 2.98. The van der Waals surface area contributed by atoms with Crippen LogP contribution in [0.25, 0.3) is 28.0 Å². The van der Waals surface area contributed by atoms with Gasteiger partial charge in [-0.05, 0) is 77.4 Å². The molecule has 0 spiro atoms. The average molecular weight is 511 g/mol. The molecule has 4 aromatic carbocycles.